The fourth-order valence-corrected chi connectivity index (χ4v) is 5.39. The highest BCUT2D eigenvalue weighted by Crippen LogP contribution is 2.44. The van der Waals surface area contributed by atoms with Crippen LogP contribution in [0.5, 0.6) is 11.5 Å². The molecule has 0 saturated heterocycles. The number of halogens is 1. The number of carbonyl (C=O) groups is 2. The molecule has 8 heteroatoms. The van der Waals surface area contributed by atoms with Crippen molar-refractivity contribution in [2.45, 2.75) is 25.0 Å². The Bertz CT molecular complexity index is 1490. The van der Waals surface area contributed by atoms with Crippen LogP contribution < -0.4 is 14.8 Å². The standard InChI is InChI=1S/C32H28BrNO6/c1-38-30-14-13-20(15-21(30)18-39-23-8-6-7-22(33)17-23)16-29(31(35)36)34-32(37)40-19-28-26-11-4-2-9-24(26)25-10-3-5-12-27(25)28/h2-15,17,28-29H,16,18-19H2,1H3,(H,34,37)(H,35,36). The topological polar surface area (TPSA) is 94.1 Å². The summed E-state index contributed by atoms with van der Waals surface area (Å²) in [6, 6.07) is 27.7. The lowest BCUT2D eigenvalue weighted by molar-refractivity contribution is -0.139. The highest BCUT2D eigenvalue weighted by atomic mass is 79.9. The van der Waals surface area contributed by atoms with Crippen molar-refractivity contribution in [3.63, 3.8) is 0 Å². The zero-order valence-electron chi connectivity index (χ0n) is 21.8. The molecule has 1 unspecified atom stereocenters. The normalized spacial score (nSPS) is 12.7. The summed E-state index contributed by atoms with van der Waals surface area (Å²) in [6.45, 7) is 0.330. The number of fused-ring (bicyclic) bond motifs is 3. The van der Waals surface area contributed by atoms with Gasteiger partial charge in [0.2, 0.25) is 0 Å². The van der Waals surface area contributed by atoms with Crippen LogP contribution >= 0.6 is 15.9 Å². The van der Waals surface area contributed by atoms with Crippen LogP contribution in [0.1, 0.15) is 28.2 Å². The van der Waals surface area contributed by atoms with Gasteiger partial charge in [0.15, 0.2) is 0 Å². The lowest BCUT2D eigenvalue weighted by Gasteiger charge is -2.18. The molecule has 204 valence electrons. The number of hydrogen-bond donors (Lipinski definition) is 2. The van der Waals surface area contributed by atoms with Crippen molar-refractivity contribution in [1.29, 1.82) is 0 Å². The maximum atomic E-state index is 12.7. The van der Waals surface area contributed by atoms with Gasteiger partial charge in [-0.1, -0.05) is 76.6 Å². The van der Waals surface area contributed by atoms with Gasteiger partial charge < -0.3 is 24.6 Å². The molecular formula is C32H28BrNO6. The van der Waals surface area contributed by atoms with Gasteiger partial charge in [-0.2, -0.15) is 0 Å². The molecule has 2 N–H and O–H groups in total. The number of aliphatic carboxylic acids is 1. The second-order valence-corrected chi connectivity index (χ2v) is 10.4. The van der Waals surface area contributed by atoms with Gasteiger partial charge in [0.25, 0.3) is 0 Å². The van der Waals surface area contributed by atoms with Crippen LogP contribution in [0.2, 0.25) is 0 Å². The second-order valence-electron chi connectivity index (χ2n) is 9.46. The average molecular weight is 602 g/mol. The van der Waals surface area contributed by atoms with Crippen LogP contribution in [0.3, 0.4) is 0 Å². The minimum absolute atomic E-state index is 0.0629. The lowest BCUT2D eigenvalue weighted by Crippen LogP contribution is -2.42. The maximum absolute atomic E-state index is 12.7. The quantitative estimate of drug-likeness (QED) is 0.213. The zero-order valence-corrected chi connectivity index (χ0v) is 23.4. The van der Waals surface area contributed by atoms with Crippen LogP contribution in [0.25, 0.3) is 11.1 Å². The van der Waals surface area contributed by atoms with Crippen molar-refractivity contribution < 1.29 is 28.9 Å². The third kappa shape index (κ3) is 6.13. The molecule has 1 aliphatic carbocycles. The number of rotatable bonds is 10. The van der Waals surface area contributed by atoms with Crippen molar-refractivity contribution in [2.24, 2.45) is 0 Å². The van der Waals surface area contributed by atoms with Crippen molar-refractivity contribution in [1.82, 2.24) is 5.32 Å². The fraction of sp³-hybridized carbons (Fsp3) is 0.188. The van der Waals surface area contributed by atoms with Gasteiger partial charge >= 0.3 is 12.1 Å². The van der Waals surface area contributed by atoms with E-state index in [4.69, 9.17) is 14.2 Å². The Morgan fingerprint density at radius 1 is 0.925 bits per heavy atom. The number of amides is 1. The molecule has 4 aromatic rings. The molecule has 0 aromatic heterocycles. The zero-order chi connectivity index (χ0) is 28.1. The molecule has 0 bridgehead atoms. The smallest absolute Gasteiger partial charge is 0.407 e. The van der Waals surface area contributed by atoms with E-state index in [0.717, 1.165) is 32.3 Å². The Hall–Kier alpha value is -4.30. The van der Waals surface area contributed by atoms with E-state index in [1.165, 1.54) is 0 Å². The summed E-state index contributed by atoms with van der Waals surface area (Å²) in [6.07, 6.45) is -0.714. The number of ether oxygens (including phenoxy) is 3. The van der Waals surface area contributed by atoms with Crippen molar-refractivity contribution in [3.8, 4) is 22.6 Å². The summed E-state index contributed by atoms with van der Waals surface area (Å²) < 4.78 is 17.8. The molecule has 1 atom stereocenters. The predicted molar refractivity (Wildman–Crippen MR) is 155 cm³/mol. The molecule has 1 amide bonds. The first-order valence-electron chi connectivity index (χ1n) is 12.8. The van der Waals surface area contributed by atoms with Crippen LogP contribution in [0.4, 0.5) is 4.79 Å². The number of alkyl carbamates (subject to hydrolysis) is 1. The summed E-state index contributed by atoms with van der Waals surface area (Å²) >= 11 is 3.43. The van der Waals surface area contributed by atoms with Crippen molar-refractivity contribution in [3.05, 3.63) is 118 Å². The Morgan fingerprint density at radius 2 is 1.62 bits per heavy atom. The van der Waals surface area contributed by atoms with Gasteiger partial charge in [0, 0.05) is 22.4 Å². The summed E-state index contributed by atoms with van der Waals surface area (Å²) in [4.78, 5) is 24.8. The molecule has 40 heavy (non-hydrogen) atoms. The molecule has 0 radical (unpaired) electrons. The molecule has 4 aromatic carbocycles. The molecule has 1 aliphatic rings. The Kier molecular flexibility index (Phi) is 8.36. The molecule has 0 fully saturated rings. The summed E-state index contributed by atoms with van der Waals surface area (Å²) in [5, 5.41) is 12.4. The Morgan fingerprint density at radius 3 is 2.27 bits per heavy atom. The van der Waals surface area contributed by atoms with Gasteiger partial charge in [-0.15, -0.1) is 0 Å². The van der Waals surface area contributed by atoms with Crippen LogP contribution in [-0.4, -0.2) is 36.9 Å². The van der Waals surface area contributed by atoms with Crippen LogP contribution in [0, 0.1) is 0 Å². The van der Waals surface area contributed by atoms with Crippen molar-refractivity contribution >= 4 is 28.0 Å². The number of carboxylic acid groups (broad SMARTS) is 1. The van der Waals surface area contributed by atoms with Gasteiger partial charge in [-0.3, -0.25) is 0 Å². The van der Waals surface area contributed by atoms with Crippen LogP contribution in [0.15, 0.2) is 95.5 Å². The number of nitrogens with one attached hydrogen (secondary N) is 1. The van der Waals surface area contributed by atoms with E-state index in [2.05, 4.69) is 33.4 Å². The molecule has 0 saturated carbocycles. The maximum Gasteiger partial charge on any atom is 0.407 e. The van der Waals surface area contributed by atoms with E-state index in [-0.39, 0.29) is 25.6 Å². The summed E-state index contributed by atoms with van der Waals surface area (Å²) in [7, 11) is 1.57. The molecule has 5 rings (SSSR count). The average Bonchev–Trinajstić information content (AvgIpc) is 3.28. The first-order valence-corrected chi connectivity index (χ1v) is 13.6. The van der Waals surface area contributed by atoms with E-state index in [0.29, 0.717) is 17.1 Å². The van der Waals surface area contributed by atoms with Gasteiger partial charge in [0.1, 0.15) is 30.8 Å². The number of carbonyl (C=O) groups excluding carboxylic acids is 1. The third-order valence-electron chi connectivity index (χ3n) is 6.91. The highest BCUT2D eigenvalue weighted by Gasteiger charge is 2.30. The first-order chi connectivity index (χ1) is 19.4. The minimum atomic E-state index is -1.18. The second kappa shape index (κ2) is 12.3. The number of benzene rings is 4. The lowest BCUT2D eigenvalue weighted by atomic mass is 9.98. The fourth-order valence-electron chi connectivity index (χ4n) is 5.01. The molecule has 7 nitrogen and oxygen atoms in total. The van der Waals surface area contributed by atoms with E-state index in [1.54, 1.807) is 19.2 Å². The summed E-state index contributed by atoms with van der Waals surface area (Å²) in [5.41, 5.74) is 5.87. The van der Waals surface area contributed by atoms with Gasteiger partial charge in [-0.05, 0) is 58.1 Å². The number of carboxylic acids is 1. The third-order valence-corrected chi connectivity index (χ3v) is 7.40. The molecule has 0 heterocycles. The monoisotopic (exact) mass is 601 g/mol. The number of hydrogen-bond acceptors (Lipinski definition) is 5. The Balaban J connectivity index is 1.24. The van der Waals surface area contributed by atoms with E-state index in [1.807, 2.05) is 66.7 Å². The van der Waals surface area contributed by atoms with E-state index in [9.17, 15) is 14.7 Å². The predicted octanol–water partition coefficient (Wildman–Crippen LogP) is 6.57. The van der Waals surface area contributed by atoms with Gasteiger partial charge in [0.05, 0.1) is 7.11 Å². The Labute approximate surface area is 240 Å². The highest BCUT2D eigenvalue weighted by molar-refractivity contribution is 9.10. The summed E-state index contributed by atoms with van der Waals surface area (Å²) in [5.74, 6) is 0.0318. The number of methoxy groups -OCH3 is 1. The van der Waals surface area contributed by atoms with E-state index < -0.39 is 18.1 Å². The molecule has 0 spiro atoms. The minimum Gasteiger partial charge on any atom is -0.496 e. The van der Waals surface area contributed by atoms with E-state index >= 15 is 0 Å². The molecular weight excluding hydrogens is 574 g/mol. The molecule has 0 aliphatic heterocycles. The first kappa shape index (κ1) is 27.3. The SMILES string of the molecule is COc1ccc(CC(NC(=O)OCC2c3ccccc3-c3ccccc32)C(=O)O)cc1COc1cccc(Br)c1. The van der Waals surface area contributed by atoms with Crippen LogP contribution in [-0.2, 0) is 22.6 Å². The largest absolute Gasteiger partial charge is 0.496 e. The van der Waals surface area contributed by atoms with Crippen molar-refractivity contribution in [2.75, 3.05) is 13.7 Å². The van der Waals surface area contributed by atoms with Gasteiger partial charge in [-0.25, -0.2) is 9.59 Å².